The van der Waals surface area contributed by atoms with Crippen molar-refractivity contribution in [2.75, 3.05) is 46.3 Å². The summed E-state index contributed by atoms with van der Waals surface area (Å²) < 4.78 is 20.2. The predicted molar refractivity (Wildman–Crippen MR) is 201 cm³/mol. The van der Waals surface area contributed by atoms with Gasteiger partial charge in [-0.2, -0.15) is 0 Å². The van der Waals surface area contributed by atoms with Crippen LogP contribution in [0.2, 0.25) is 0 Å². The number of nitrogens with zero attached hydrogens (tertiary/aromatic N) is 3. The Morgan fingerprint density at radius 2 is 1.25 bits per heavy atom. The molecule has 3 aliphatic rings. The van der Waals surface area contributed by atoms with Gasteiger partial charge < -0.3 is 23.8 Å². The molecule has 2 amide bonds. The third kappa shape index (κ3) is 12.8. The number of allylic oxidation sites excluding steroid dienone is 2. The van der Waals surface area contributed by atoms with E-state index in [2.05, 4.69) is 18.1 Å². The van der Waals surface area contributed by atoms with E-state index in [0.717, 1.165) is 58.8 Å². The standard InChI is InChI=1S/C18H22N2O4.C18H21NO5.C4H7Cl/c1-23-17(21)16-11-15(19-9-5-6-10-19)12-20(16)18(22)24-13-14-7-3-2-4-8-14;1-12(2)9-14-15(20)10-19(16(14)17(21)23-3)18(22)24-11-13-7-5-4-6-8-13;1-4(2)3-5/h2-4,7-8,11,16H,5-6,9-10,12-13H2,1H3;4-8,14,16H,1,9-11H2,2-3H3;1,3H2,2H3/t16-;14-,16-;/m00./s1. The van der Waals surface area contributed by atoms with E-state index in [0.29, 0.717) is 18.8 Å². The first kappa shape index (κ1) is 42.3. The molecule has 0 N–H and O–H groups in total. The number of amides is 2. The number of benzene rings is 2. The molecule has 0 spiro atoms. The number of rotatable bonds is 10. The third-order valence-electron chi connectivity index (χ3n) is 8.55. The molecular weight excluding hydrogens is 702 g/mol. The molecule has 0 bridgehead atoms. The van der Waals surface area contributed by atoms with Crippen LogP contribution in [0.4, 0.5) is 9.59 Å². The number of hydrogen-bond acceptors (Lipinski definition) is 10. The molecule has 3 aliphatic heterocycles. The molecule has 3 heterocycles. The van der Waals surface area contributed by atoms with Crippen LogP contribution >= 0.6 is 11.6 Å². The maximum Gasteiger partial charge on any atom is 0.411 e. The van der Waals surface area contributed by atoms with Crippen LogP contribution in [0.15, 0.2) is 96.7 Å². The second-order valence-corrected chi connectivity index (χ2v) is 13.2. The number of esters is 2. The number of carbonyl (C=O) groups excluding carboxylic acids is 5. The number of halogens is 1. The van der Waals surface area contributed by atoms with E-state index in [1.165, 1.54) is 19.1 Å². The van der Waals surface area contributed by atoms with Gasteiger partial charge in [0.1, 0.15) is 19.3 Å². The van der Waals surface area contributed by atoms with E-state index in [-0.39, 0.29) is 25.5 Å². The minimum atomic E-state index is -0.970. The smallest absolute Gasteiger partial charge is 0.411 e. The molecule has 2 fully saturated rings. The minimum absolute atomic E-state index is 0.0728. The van der Waals surface area contributed by atoms with Gasteiger partial charge in [0, 0.05) is 24.7 Å². The van der Waals surface area contributed by atoms with Crippen molar-refractivity contribution in [1.82, 2.24) is 14.7 Å². The fourth-order valence-corrected chi connectivity index (χ4v) is 5.87. The molecule has 0 unspecified atom stereocenters. The van der Waals surface area contributed by atoms with Crippen molar-refractivity contribution in [3.05, 3.63) is 108 Å². The Bertz CT molecular complexity index is 1610. The summed E-state index contributed by atoms with van der Waals surface area (Å²) in [5.74, 6) is -1.31. The SMILES string of the molecule is C=C(C)CCl.C=C(C)C[C@H]1C(=O)CN(C(=O)OCc2ccccc2)[C@@H]1C(=O)OC.COC(=O)[C@@H]1C=C(N2CCCC2)CN1C(=O)OCc1ccccc1. The van der Waals surface area contributed by atoms with Crippen LogP contribution < -0.4 is 0 Å². The van der Waals surface area contributed by atoms with Gasteiger partial charge in [0.15, 0.2) is 11.8 Å². The molecule has 0 radical (unpaired) electrons. The quantitative estimate of drug-likeness (QED) is 0.118. The van der Waals surface area contributed by atoms with E-state index < -0.39 is 42.1 Å². The third-order valence-corrected chi connectivity index (χ3v) is 9.00. The molecule has 2 aromatic carbocycles. The predicted octanol–water partition coefficient (Wildman–Crippen LogP) is 6.29. The molecule has 0 saturated carbocycles. The van der Waals surface area contributed by atoms with Gasteiger partial charge in [-0.3, -0.25) is 14.6 Å². The van der Waals surface area contributed by atoms with Gasteiger partial charge in [0.05, 0.1) is 33.2 Å². The highest BCUT2D eigenvalue weighted by Gasteiger charge is 2.48. The number of ether oxygens (including phenoxy) is 4. The Kier molecular flexibility index (Phi) is 17.1. The van der Waals surface area contributed by atoms with Crippen LogP contribution in [0.1, 0.15) is 44.2 Å². The number of carbonyl (C=O) groups is 5. The van der Waals surface area contributed by atoms with E-state index in [1.54, 1.807) is 6.92 Å². The van der Waals surface area contributed by atoms with Crippen LogP contribution in [0, 0.1) is 5.92 Å². The zero-order chi connectivity index (χ0) is 38.9. The number of hydrogen-bond donors (Lipinski definition) is 0. The number of ketones is 1. The Balaban J connectivity index is 0.000000253. The highest BCUT2D eigenvalue weighted by molar-refractivity contribution is 6.19. The molecule has 2 aromatic rings. The van der Waals surface area contributed by atoms with E-state index in [4.69, 9.17) is 30.5 Å². The van der Waals surface area contributed by atoms with Gasteiger partial charge in [-0.1, -0.05) is 78.4 Å². The van der Waals surface area contributed by atoms with Crippen LogP contribution in [0.3, 0.4) is 0 Å². The second kappa shape index (κ2) is 21.4. The molecule has 0 aliphatic carbocycles. The van der Waals surface area contributed by atoms with Gasteiger partial charge >= 0.3 is 24.1 Å². The average molecular weight is 752 g/mol. The van der Waals surface area contributed by atoms with Gasteiger partial charge in [0.2, 0.25) is 0 Å². The first-order chi connectivity index (χ1) is 25.4. The summed E-state index contributed by atoms with van der Waals surface area (Å²) in [6.45, 7) is 13.4. The van der Waals surface area contributed by atoms with Crippen LogP contribution in [-0.2, 0) is 46.5 Å². The highest BCUT2D eigenvalue weighted by Crippen LogP contribution is 2.29. The number of Topliss-reactive ketones (excluding diaryl/α,β-unsaturated/α-hetero) is 1. The van der Waals surface area contributed by atoms with Crippen molar-refractivity contribution in [2.24, 2.45) is 5.92 Å². The second-order valence-electron chi connectivity index (χ2n) is 12.9. The normalized spacial score (nSPS) is 18.8. The number of alkyl halides is 1. The van der Waals surface area contributed by atoms with Crippen LogP contribution in [0.5, 0.6) is 0 Å². The maximum atomic E-state index is 12.5. The van der Waals surface area contributed by atoms with E-state index in [9.17, 15) is 24.0 Å². The molecule has 13 heteroatoms. The molecule has 5 rings (SSSR count). The summed E-state index contributed by atoms with van der Waals surface area (Å²) >= 11 is 5.24. The monoisotopic (exact) mass is 751 g/mol. The molecule has 286 valence electrons. The number of likely N-dealkylation sites (tertiary alicyclic amines) is 2. The fraction of sp³-hybridized carbons (Fsp3) is 0.425. The maximum absolute atomic E-state index is 12.5. The lowest BCUT2D eigenvalue weighted by molar-refractivity contribution is -0.147. The van der Waals surface area contributed by atoms with Gasteiger partial charge in [-0.25, -0.2) is 19.2 Å². The van der Waals surface area contributed by atoms with Crippen LogP contribution in [-0.4, -0.2) is 103 Å². The molecule has 53 heavy (non-hydrogen) atoms. The summed E-state index contributed by atoms with van der Waals surface area (Å²) in [6, 6.07) is 17.0. The molecule has 0 aromatic heterocycles. The van der Waals surface area contributed by atoms with Gasteiger partial charge in [0.25, 0.3) is 0 Å². The summed E-state index contributed by atoms with van der Waals surface area (Å²) in [4.78, 5) is 65.9. The largest absolute Gasteiger partial charge is 0.467 e. The van der Waals surface area contributed by atoms with Crippen molar-refractivity contribution >= 4 is 41.5 Å². The average Bonchev–Trinajstić information content (AvgIpc) is 3.93. The first-order valence-corrected chi connectivity index (χ1v) is 17.9. The van der Waals surface area contributed by atoms with Crippen molar-refractivity contribution in [3.63, 3.8) is 0 Å². The Hall–Kier alpha value is -5.10. The Morgan fingerprint density at radius 3 is 1.70 bits per heavy atom. The Morgan fingerprint density at radius 1 is 0.755 bits per heavy atom. The highest BCUT2D eigenvalue weighted by atomic mass is 35.5. The lowest BCUT2D eigenvalue weighted by Crippen LogP contribution is -2.44. The van der Waals surface area contributed by atoms with Crippen molar-refractivity contribution < 1.29 is 42.9 Å². The summed E-state index contributed by atoms with van der Waals surface area (Å²) in [6.07, 6.45) is 3.23. The molecule has 2 saturated heterocycles. The summed E-state index contributed by atoms with van der Waals surface area (Å²) in [5, 5.41) is 0. The lowest BCUT2D eigenvalue weighted by atomic mass is 9.92. The molecule has 12 nitrogen and oxygen atoms in total. The summed E-state index contributed by atoms with van der Waals surface area (Å²) in [7, 11) is 2.56. The topological polar surface area (TPSA) is 132 Å². The van der Waals surface area contributed by atoms with Crippen molar-refractivity contribution in [3.8, 4) is 0 Å². The molecular formula is C40H50ClN3O9. The zero-order valence-electron chi connectivity index (χ0n) is 31.0. The molecule has 3 atom stereocenters. The zero-order valence-corrected chi connectivity index (χ0v) is 31.7. The van der Waals surface area contributed by atoms with Gasteiger partial charge in [-0.15, -0.1) is 18.2 Å². The van der Waals surface area contributed by atoms with Crippen molar-refractivity contribution in [1.29, 1.82) is 0 Å². The van der Waals surface area contributed by atoms with E-state index >= 15 is 0 Å². The number of methoxy groups -OCH3 is 2. The van der Waals surface area contributed by atoms with Crippen LogP contribution in [0.25, 0.3) is 0 Å². The minimum Gasteiger partial charge on any atom is -0.467 e. The fourth-order valence-electron chi connectivity index (χ4n) is 5.87. The summed E-state index contributed by atoms with van der Waals surface area (Å²) in [5.41, 5.74) is 4.52. The lowest BCUT2D eigenvalue weighted by Gasteiger charge is -2.24. The van der Waals surface area contributed by atoms with Gasteiger partial charge in [-0.05, 0) is 50.3 Å². The van der Waals surface area contributed by atoms with Crippen molar-refractivity contribution in [2.45, 2.75) is 58.4 Å². The van der Waals surface area contributed by atoms with E-state index in [1.807, 2.05) is 73.7 Å². The first-order valence-electron chi connectivity index (χ1n) is 17.3. The Labute approximate surface area is 316 Å².